The van der Waals surface area contributed by atoms with Crippen molar-refractivity contribution >= 4 is 36.0 Å². The molecule has 0 radical (unpaired) electrons. The van der Waals surface area contributed by atoms with Crippen LogP contribution in [0.4, 0.5) is 0 Å². The Morgan fingerprint density at radius 3 is 2.05 bits per heavy atom. The van der Waals surface area contributed by atoms with Gasteiger partial charge >= 0.3 is 5.97 Å². The molecule has 0 aliphatic heterocycles. The zero-order chi connectivity index (χ0) is 31.0. The maximum absolute atomic E-state index is 11.8. The lowest BCUT2D eigenvalue weighted by atomic mass is 10.2. The van der Waals surface area contributed by atoms with Crippen molar-refractivity contribution in [2.75, 3.05) is 26.7 Å². The van der Waals surface area contributed by atoms with E-state index in [1.165, 1.54) is 10.5 Å². The number of likely N-dealkylation sites (N-methyl/N-ethyl adjacent to an activating group) is 1. The highest BCUT2D eigenvalue weighted by Gasteiger charge is 2.23. The van der Waals surface area contributed by atoms with Crippen molar-refractivity contribution in [3.8, 4) is 0 Å². The van der Waals surface area contributed by atoms with Crippen LogP contribution in [0.1, 0.15) is 53.0 Å². The van der Waals surface area contributed by atoms with Gasteiger partial charge in [-0.2, -0.15) is 0 Å². The second kappa shape index (κ2) is 23.1. The van der Waals surface area contributed by atoms with Crippen LogP contribution in [0, 0.1) is 6.92 Å². The van der Waals surface area contributed by atoms with Crippen molar-refractivity contribution in [2.24, 2.45) is 17.2 Å². The number of carbonyl (C=O) groups is 6. The van der Waals surface area contributed by atoms with Crippen LogP contribution in [0.3, 0.4) is 0 Å². The molecule has 14 nitrogen and oxygen atoms in total. The molecule has 1 aromatic heterocycles. The molecular weight excluding hydrogens is 510 g/mol. The standard InChI is InChI=1S/C11H21N5O4.C7H14O2.C6H7N.CH3NO/c1-3-16(2)10(19)6-14-11(20)7(4-8(13)17)15-9(18)5-12;1-5-6(8)9-7(2,3)4;1-6-3-2-4-7-5-6;2-1-3/h7H,3-6,12H2,1-2H3,(H2,13,17)(H,14,20)(H,15,18);5H2,1-4H3;2-5H,1H3;1H,(H2,2,3). The molecule has 0 aliphatic carbocycles. The summed E-state index contributed by atoms with van der Waals surface area (Å²) in [5.41, 5.74) is 15.2. The van der Waals surface area contributed by atoms with Crippen LogP contribution >= 0.6 is 0 Å². The molecule has 1 unspecified atom stereocenters. The molecule has 1 heterocycles. The Morgan fingerprint density at radius 2 is 1.74 bits per heavy atom. The summed E-state index contributed by atoms with van der Waals surface area (Å²) in [6, 6.07) is 2.81. The average molecular weight is 556 g/mol. The summed E-state index contributed by atoms with van der Waals surface area (Å²) in [5.74, 6) is -2.43. The lowest BCUT2D eigenvalue weighted by Gasteiger charge is -2.18. The number of aromatic nitrogens is 1. The first-order chi connectivity index (χ1) is 18.1. The van der Waals surface area contributed by atoms with E-state index in [2.05, 4.69) is 21.4 Å². The van der Waals surface area contributed by atoms with Gasteiger partial charge in [-0.3, -0.25) is 33.8 Å². The number of amides is 5. The summed E-state index contributed by atoms with van der Waals surface area (Å²) in [7, 11) is 1.59. The third-order valence-electron chi connectivity index (χ3n) is 4.07. The Morgan fingerprint density at radius 1 is 1.18 bits per heavy atom. The third kappa shape index (κ3) is 26.8. The van der Waals surface area contributed by atoms with Gasteiger partial charge in [0.05, 0.1) is 19.5 Å². The van der Waals surface area contributed by atoms with E-state index in [1.54, 1.807) is 27.1 Å². The Balaban J connectivity index is -0.000000555. The van der Waals surface area contributed by atoms with Crippen LogP contribution in [0.15, 0.2) is 24.5 Å². The number of hydrogen-bond acceptors (Lipinski definition) is 9. The van der Waals surface area contributed by atoms with Crippen molar-refractivity contribution in [3.05, 3.63) is 30.1 Å². The van der Waals surface area contributed by atoms with Gasteiger partial charge in [0, 0.05) is 32.4 Å². The highest BCUT2D eigenvalue weighted by atomic mass is 16.6. The molecule has 0 saturated carbocycles. The number of carbonyl (C=O) groups excluding carboxylic acids is 6. The zero-order valence-electron chi connectivity index (χ0n) is 24.0. The highest BCUT2D eigenvalue weighted by molar-refractivity contribution is 5.93. The molecular formula is C25H45N7O7. The van der Waals surface area contributed by atoms with Gasteiger partial charge < -0.3 is 37.5 Å². The summed E-state index contributed by atoms with van der Waals surface area (Å²) in [6.45, 7) is 11.1. The normalized spacial score (nSPS) is 10.3. The number of nitrogens with zero attached hydrogens (tertiary/aromatic N) is 2. The Kier molecular flexibility index (Phi) is 23.3. The molecule has 0 aromatic carbocycles. The molecule has 1 rings (SSSR count). The van der Waals surface area contributed by atoms with Crippen molar-refractivity contribution in [1.29, 1.82) is 0 Å². The quantitative estimate of drug-likeness (QED) is 0.188. The maximum Gasteiger partial charge on any atom is 0.306 e. The molecule has 39 heavy (non-hydrogen) atoms. The van der Waals surface area contributed by atoms with Crippen LogP contribution < -0.4 is 27.8 Å². The molecule has 0 saturated heterocycles. The van der Waals surface area contributed by atoms with Crippen molar-refractivity contribution in [1.82, 2.24) is 20.5 Å². The largest absolute Gasteiger partial charge is 0.460 e. The Hall–Kier alpha value is -4.07. The van der Waals surface area contributed by atoms with Gasteiger partial charge in [-0.05, 0) is 46.2 Å². The van der Waals surface area contributed by atoms with Crippen LogP contribution in [0.2, 0.25) is 0 Å². The van der Waals surface area contributed by atoms with E-state index in [0.29, 0.717) is 13.0 Å². The maximum atomic E-state index is 11.8. The van der Waals surface area contributed by atoms with Gasteiger partial charge in [-0.1, -0.05) is 13.0 Å². The minimum atomic E-state index is -1.14. The predicted octanol–water partition coefficient (Wildman–Crippen LogP) is -0.871. The fraction of sp³-hybridized carbons (Fsp3) is 0.560. The second-order valence-electron chi connectivity index (χ2n) is 8.73. The lowest BCUT2D eigenvalue weighted by molar-refractivity contribution is -0.154. The molecule has 8 N–H and O–H groups in total. The summed E-state index contributed by atoms with van der Waals surface area (Å²) in [4.78, 5) is 69.8. The van der Waals surface area contributed by atoms with Gasteiger partial charge in [-0.25, -0.2) is 0 Å². The first-order valence-corrected chi connectivity index (χ1v) is 12.1. The molecule has 1 aromatic rings. The SMILES string of the molecule is CCC(=O)OC(C)(C)C.CCN(C)C(=O)CNC(=O)C(CC(N)=O)NC(=O)CN.Cc1cccnc1.NC=O. The van der Waals surface area contributed by atoms with Crippen LogP contribution in [-0.4, -0.2) is 84.2 Å². The van der Waals surface area contributed by atoms with Gasteiger partial charge in [0.25, 0.3) is 0 Å². The predicted molar refractivity (Wildman–Crippen MR) is 146 cm³/mol. The van der Waals surface area contributed by atoms with Crippen molar-refractivity contribution < 1.29 is 33.5 Å². The number of hydrogen-bond donors (Lipinski definition) is 5. The minimum Gasteiger partial charge on any atom is -0.460 e. The molecule has 1 atom stereocenters. The number of nitrogens with two attached hydrogens (primary N) is 3. The highest BCUT2D eigenvalue weighted by Crippen LogP contribution is 2.07. The fourth-order valence-corrected chi connectivity index (χ4v) is 2.12. The Labute approximate surface area is 230 Å². The van der Waals surface area contributed by atoms with Crippen molar-refractivity contribution in [3.63, 3.8) is 0 Å². The first-order valence-electron chi connectivity index (χ1n) is 12.1. The lowest BCUT2D eigenvalue weighted by Crippen LogP contribution is -2.51. The van der Waals surface area contributed by atoms with Gasteiger partial charge in [0.2, 0.25) is 30.0 Å². The van der Waals surface area contributed by atoms with Gasteiger partial charge in [0.15, 0.2) is 0 Å². The molecule has 0 spiro atoms. The number of nitrogens with one attached hydrogen (secondary N) is 2. The second-order valence-corrected chi connectivity index (χ2v) is 8.73. The van der Waals surface area contributed by atoms with Crippen LogP contribution in [0.5, 0.6) is 0 Å². The van der Waals surface area contributed by atoms with E-state index in [9.17, 15) is 24.0 Å². The monoisotopic (exact) mass is 555 g/mol. The number of pyridine rings is 1. The summed E-state index contributed by atoms with van der Waals surface area (Å²) >= 11 is 0. The molecule has 5 amide bonds. The average Bonchev–Trinajstić information content (AvgIpc) is 2.86. The molecule has 222 valence electrons. The minimum absolute atomic E-state index is 0.137. The number of aryl methyl sites for hydroxylation is 1. The molecule has 0 aliphatic rings. The molecule has 0 fully saturated rings. The summed E-state index contributed by atoms with van der Waals surface area (Å²) < 4.78 is 4.95. The van der Waals surface area contributed by atoms with Crippen molar-refractivity contribution in [2.45, 2.75) is 66.0 Å². The van der Waals surface area contributed by atoms with E-state index in [-0.39, 0.29) is 43.4 Å². The zero-order valence-corrected chi connectivity index (χ0v) is 24.0. The smallest absolute Gasteiger partial charge is 0.306 e. The van der Waals surface area contributed by atoms with E-state index in [0.717, 1.165) is 0 Å². The molecule has 0 bridgehead atoms. The van der Waals surface area contributed by atoms with E-state index < -0.39 is 23.8 Å². The third-order valence-corrected chi connectivity index (χ3v) is 4.07. The first kappa shape index (κ1) is 39.4. The summed E-state index contributed by atoms with van der Waals surface area (Å²) in [6.07, 6.45) is 3.94. The number of primary amides is 2. The molecule has 14 heteroatoms. The van der Waals surface area contributed by atoms with Gasteiger partial charge in [0.1, 0.15) is 11.6 Å². The summed E-state index contributed by atoms with van der Waals surface area (Å²) in [5, 5.41) is 4.60. The van der Waals surface area contributed by atoms with E-state index >= 15 is 0 Å². The fourth-order valence-electron chi connectivity index (χ4n) is 2.12. The Bertz CT molecular complexity index is 875. The number of ether oxygens (including phenoxy) is 1. The van der Waals surface area contributed by atoms with E-state index in [4.69, 9.17) is 21.0 Å². The van der Waals surface area contributed by atoms with Crippen LogP contribution in [-0.2, 0) is 33.5 Å². The topological polar surface area (TPSA) is 230 Å². The number of rotatable bonds is 9. The van der Waals surface area contributed by atoms with Gasteiger partial charge in [-0.15, -0.1) is 0 Å². The number of esters is 1. The van der Waals surface area contributed by atoms with E-state index in [1.807, 2.05) is 46.0 Å². The van der Waals surface area contributed by atoms with Crippen LogP contribution in [0.25, 0.3) is 0 Å².